The van der Waals surface area contributed by atoms with E-state index in [-0.39, 0.29) is 42.4 Å². The van der Waals surface area contributed by atoms with Crippen molar-refractivity contribution in [2.24, 2.45) is 11.8 Å². The van der Waals surface area contributed by atoms with Crippen molar-refractivity contribution in [3.63, 3.8) is 0 Å². The fraction of sp³-hybridized carbons (Fsp3) is 0.686. The van der Waals surface area contributed by atoms with Crippen molar-refractivity contribution >= 4 is 22.6 Å². The van der Waals surface area contributed by atoms with E-state index in [2.05, 4.69) is 65.8 Å². The standard InChI is InChI=1S/C35H55F3O5Si2/c1-7-44(8-2,9-3)42-29(26-40-28-19-17-18-27(24-28)35(36,37)38)22-23-31-30-20-15-13-14-16-21-34(39)41-32(30)25-33(31)43-45(10-4,11-5)12-6/h13,15,17-19,22-24,29-33H,7-12,14,16,20-21,25-26H2,1-6H3/b15-13?,23-22+/t29-,30-,31-,32+,33?/m1/s1. The summed E-state index contributed by atoms with van der Waals surface area (Å²) in [5, 5.41) is 0. The third kappa shape index (κ3) is 10.3. The Hall–Kier alpha value is -1.89. The third-order valence-corrected chi connectivity index (χ3v) is 19.6. The minimum Gasteiger partial charge on any atom is -0.491 e. The second-order valence-corrected chi connectivity index (χ2v) is 22.1. The Morgan fingerprint density at radius 1 is 0.978 bits per heavy atom. The smallest absolute Gasteiger partial charge is 0.416 e. The average Bonchev–Trinajstić information content (AvgIpc) is 3.35. The maximum absolute atomic E-state index is 13.4. The zero-order valence-electron chi connectivity index (χ0n) is 28.2. The lowest BCUT2D eigenvalue weighted by molar-refractivity contribution is -0.151. The van der Waals surface area contributed by atoms with Gasteiger partial charge in [0.15, 0.2) is 16.6 Å². The van der Waals surface area contributed by atoms with Gasteiger partial charge in [0.05, 0.1) is 17.8 Å². The molecule has 0 amide bonds. The predicted octanol–water partition coefficient (Wildman–Crippen LogP) is 10.1. The summed E-state index contributed by atoms with van der Waals surface area (Å²) in [5.74, 6) is 0.0927. The molecule has 1 saturated carbocycles. The van der Waals surface area contributed by atoms with Crippen LogP contribution in [0.3, 0.4) is 0 Å². The Morgan fingerprint density at radius 2 is 1.64 bits per heavy atom. The highest BCUT2D eigenvalue weighted by molar-refractivity contribution is 6.74. The number of benzene rings is 1. The Labute approximate surface area is 271 Å². The number of hydrogen-bond acceptors (Lipinski definition) is 5. The maximum atomic E-state index is 13.4. The average molecular weight is 669 g/mol. The summed E-state index contributed by atoms with van der Waals surface area (Å²) in [4.78, 5) is 12.7. The van der Waals surface area contributed by atoms with Gasteiger partial charge in [0.1, 0.15) is 18.5 Å². The number of ether oxygens (including phenoxy) is 2. The van der Waals surface area contributed by atoms with Gasteiger partial charge in [0, 0.05) is 24.7 Å². The molecule has 5 nitrogen and oxygen atoms in total. The molecule has 254 valence electrons. The number of allylic oxidation sites excluding steroid dienone is 2. The molecule has 0 saturated heterocycles. The van der Waals surface area contributed by atoms with Crippen LogP contribution in [0.2, 0.25) is 36.3 Å². The lowest BCUT2D eigenvalue weighted by atomic mass is 9.89. The molecule has 1 heterocycles. The van der Waals surface area contributed by atoms with Gasteiger partial charge in [-0.2, -0.15) is 13.2 Å². The SMILES string of the molecule is CC[Si](CC)(CC)OC1C[C@@H]2OC(=O)CCCC=CC[C@@H]2[C@H]1/C=C/[C@H](COc1cccc(C(F)(F)F)c1)O[Si](CC)(CC)CC. The number of rotatable bonds is 15. The minimum atomic E-state index is -4.45. The highest BCUT2D eigenvalue weighted by atomic mass is 28.4. The van der Waals surface area contributed by atoms with E-state index in [0.29, 0.717) is 12.8 Å². The maximum Gasteiger partial charge on any atom is 0.416 e. The predicted molar refractivity (Wildman–Crippen MR) is 179 cm³/mol. The van der Waals surface area contributed by atoms with Crippen molar-refractivity contribution in [1.82, 2.24) is 0 Å². The van der Waals surface area contributed by atoms with Crippen molar-refractivity contribution < 1.29 is 36.3 Å². The van der Waals surface area contributed by atoms with Crippen LogP contribution in [0.25, 0.3) is 0 Å². The highest BCUT2D eigenvalue weighted by Crippen LogP contribution is 2.43. The zero-order chi connectivity index (χ0) is 33.1. The number of fused-ring (bicyclic) bond motifs is 1. The first-order valence-electron chi connectivity index (χ1n) is 17.2. The molecule has 1 unspecified atom stereocenters. The van der Waals surface area contributed by atoms with E-state index < -0.39 is 34.5 Å². The Balaban J connectivity index is 1.97. The second kappa shape index (κ2) is 17.3. The monoisotopic (exact) mass is 668 g/mol. The van der Waals surface area contributed by atoms with E-state index in [1.165, 1.54) is 6.07 Å². The van der Waals surface area contributed by atoms with E-state index in [1.54, 1.807) is 6.07 Å². The molecule has 1 aromatic rings. The van der Waals surface area contributed by atoms with Crippen LogP contribution in [-0.2, 0) is 24.6 Å². The van der Waals surface area contributed by atoms with Gasteiger partial charge in [0.2, 0.25) is 0 Å². The molecular weight excluding hydrogens is 614 g/mol. The van der Waals surface area contributed by atoms with Crippen LogP contribution >= 0.6 is 0 Å². The van der Waals surface area contributed by atoms with Crippen LogP contribution in [0.15, 0.2) is 48.6 Å². The molecule has 0 N–H and O–H groups in total. The Kier molecular flexibility index (Phi) is 14.5. The van der Waals surface area contributed by atoms with E-state index in [9.17, 15) is 18.0 Å². The molecule has 0 aromatic heterocycles. The molecule has 45 heavy (non-hydrogen) atoms. The number of esters is 1. The summed E-state index contributed by atoms with van der Waals surface area (Å²) in [5.41, 5.74) is -0.738. The summed E-state index contributed by atoms with van der Waals surface area (Å²) in [6, 6.07) is 10.9. The summed E-state index contributed by atoms with van der Waals surface area (Å²) in [6.07, 6.45) is 6.94. The van der Waals surface area contributed by atoms with Gasteiger partial charge in [-0.1, -0.05) is 71.9 Å². The lowest BCUT2D eigenvalue weighted by Gasteiger charge is -2.35. The van der Waals surface area contributed by atoms with Gasteiger partial charge in [-0.25, -0.2) is 0 Å². The van der Waals surface area contributed by atoms with Gasteiger partial charge in [-0.3, -0.25) is 4.79 Å². The first-order valence-corrected chi connectivity index (χ1v) is 22.2. The van der Waals surface area contributed by atoms with E-state index in [4.69, 9.17) is 18.3 Å². The highest BCUT2D eigenvalue weighted by Gasteiger charge is 2.47. The molecule has 1 aromatic carbocycles. The number of hydrogen-bond donors (Lipinski definition) is 0. The van der Waals surface area contributed by atoms with Crippen LogP contribution in [0.1, 0.15) is 79.2 Å². The van der Waals surface area contributed by atoms with Crippen molar-refractivity contribution in [2.45, 2.75) is 134 Å². The van der Waals surface area contributed by atoms with E-state index >= 15 is 0 Å². The molecule has 1 aliphatic carbocycles. The van der Waals surface area contributed by atoms with Gasteiger partial charge >= 0.3 is 12.1 Å². The van der Waals surface area contributed by atoms with Crippen molar-refractivity contribution in [1.29, 1.82) is 0 Å². The molecule has 0 spiro atoms. The van der Waals surface area contributed by atoms with Gasteiger partial charge < -0.3 is 18.3 Å². The van der Waals surface area contributed by atoms with Crippen molar-refractivity contribution in [2.75, 3.05) is 6.61 Å². The topological polar surface area (TPSA) is 54.0 Å². The molecular formula is C35H55F3O5Si2. The number of alkyl halides is 3. The van der Waals surface area contributed by atoms with Crippen LogP contribution in [0, 0.1) is 11.8 Å². The van der Waals surface area contributed by atoms with E-state index in [1.807, 2.05) is 0 Å². The largest absolute Gasteiger partial charge is 0.491 e. The normalized spacial score (nSPS) is 24.0. The van der Waals surface area contributed by atoms with Crippen LogP contribution < -0.4 is 4.74 Å². The molecule has 3 rings (SSSR count). The van der Waals surface area contributed by atoms with Crippen LogP contribution in [0.4, 0.5) is 13.2 Å². The number of carbonyl (C=O) groups excluding carboxylic acids is 1. The first-order chi connectivity index (χ1) is 21.5. The second-order valence-electron chi connectivity index (χ2n) is 12.6. The molecule has 2 aliphatic rings. The third-order valence-electron chi connectivity index (χ3n) is 10.3. The van der Waals surface area contributed by atoms with Crippen LogP contribution in [0.5, 0.6) is 5.75 Å². The lowest BCUT2D eigenvalue weighted by Crippen LogP contribution is -2.42. The summed E-state index contributed by atoms with van der Waals surface area (Å²) in [6.45, 7) is 13.2. The van der Waals surface area contributed by atoms with E-state index in [0.717, 1.165) is 67.7 Å². The van der Waals surface area contributed by atoms with Gasteiger partial charge in [-0.15, -0.1) is 0 Å². The zero-order valence-corrected chi connectivity index (χ0v) is 30.2. The fourth-order valence-corrected chi connectivity index (χ4v) is 12.5. The Bertz CT molecular complexity index is 1100. The molecule has 5 atom stereocenters. The van der Waals surface area contributed by atoms with Gasteiger partial charge in [-0.05, 0) is 73.7 Å². The molecule has 1 fully saturated rings. The van der Waals surface area contributed by atoms with Crippen molar-refractivity contribution in [3.05, 3.63) is 54.1 Å². The fourth-order valence-electron chi connectivity index (χ4n) is 6.85. The number of carbonyl (C=O) groups is 1. The van der Waals surface area contributed by atoms with Crippen molar-refractivity contribution in [3.8, 4) is 5.75 Å². The summed E-state index contributed by atoms with van der Waals surface area (Å²) in [7, 11) is -4.07. The molecule has 0 bridgehead atoms. The summed E-state index contributed by atoms with van der Waals surface area (Å²) >= 11 is 0. The van der Waals surface area contributed by atoms with Crippen LogP contribution in [-0.4, -0.2) is 47.5 Å². The Morgan fingerprint density at radius 3 is 2.27 bits per heavy atom. The molecule has 0 radical (unpaired) electrons. The van der Waals surface area contributed by atoms with Gasteiger partial charge in [0.25, 0.3) is 0 Å². The first kappa shape index (κ1) is 37.6. The quantitative estimate of drug-likeness (QED) is 0.106. The minimum absolute atomic E-state index is 0.00371. The molecule has 1 aliphatic heterocycles. The summed E-state index contributed by atoms with van der Waals surface area (Å²) < 4.78 is 66.2. The number of halogens is 3. The molecule has 10 heteroatoms.